The van der Waals surface area contributed by atoms with Crippen LogP contribution >= 0.6 is 0 Å². The number of carbonyl (C=O) groups excluding carboxylic acids is 1. The number of fused-ring (bicyclic) bond motifs is 2. The number of nitrogens with one attached hydrogen (secondary N) is 2. The lowest BCUT2D eigenvalue weighted by Crippen LogP contribution is -2.34. The van der Waals surface area contributed by atoms with Gasteiger partial charge in [-0.1, -0.05) is 0 Å². The quantitative estimate of drug-likeness (QED) is 0.378. The van der Waals surface area contributed by atoms with Gasteiger partial charge in [0.05, 0.1) is 11.7 Å². The van der Waals surface area contributed by atoms with E-state index in [1.54, 1.807) is 19.5 Å². The molecule has 6 rings (SSSR count). The minimum absolute atomic E-state index is 0.0178. The summed E-state index contributed by atoms with van der Waals surface area (Å²) in [5.74, 6) is 1.84. The second kappa shape index (κ2) is 10.2. The van der Waals surface area contributed by atoms with Gasteiger partial charge in [0, 0.05) is 74.6 Å². The van der Waals surface area contributed by atoms with E-state index in [9.17, 15) is 4.79 Å². The predicted molar refractivity (Wildman–Crippen MR) is 149 cm³/mol. The van der Waals surface area contributed by atoms with Crippen LogP contribution in [0, 0.1) is 5.92 Å². The van der Waals surface area contributed by atoms with Crippen molar-refractivity contribution < 1.29 is 13.9 Å². The summed E-state index contributed by atoms with van der Waals surface area (Å²) in [4.78, 5) is 31.0. The van der Waals surface area contributed by atoms with Gasteiger partial charge in [0.25, 0.3) is 0 Å². The molecule has 1 atom stereocenters. The molecule has 1 saturated carbocycles. The van der Waals surface area contributed by atoms with Crippen molar-refractivity contribution in [3.05, 3.63) is 36.7 Å². The summed E-state index contributed by atoms with van der Waals surface area (Å²) in [6.45, 7) is 6.35. The van der Waals surface area contributed by atoms with Crippen molar-refractivity contribution >= 4 is 45.1 Å². The summed E-state index contributed by atoms with van der Waals surface area (Å²) >= 11 is 0. The number of methoxy groups -OCH3 is 1. The van der Waals surface area contributed by atoms with Crippen molar-refractivity contribution in [3.63, 3.8) is 0 Å². The average Bonchev–Trinajstić information content (AvgIpc) is 3.72. The molecule has 2 fully saturated rings. The van der Waals surface area contributed by atoms with E-state index >= 15 is 0 Å². The van der Waals surface area contributed by atoms with Crippen LogP contribution in [0.5, 0.6) is 0 Å². The van der Waals surface area contributed by atoms with Crippen molar-refractivity contribution in [2.45, 2.75) is 25.9 Å². The monoisotopic (exact) mass is 515 g/mol. The number of hydrogen-bond acceptors (Lipinski definition) is 9. The lowest BCUT2D eigenvalue weighted by atomic mass is 10.1. The van der Waals surface area contributed by atoms with Gasteiger partial charge in [-0.25, -0.2) is 15.0 Å². The van der Waals surface area contributed by atoms with E-state index in [0.29, 0.717) is 17.3 Å². The van der Waals surface area contributed by atoms with Crippen LogP contribution in [-0.4, -0.2) is 78.7 Å². The van der Waals surface area contributed by atoms with Crippen LogP contribution in [0.15, 0.2) is 41.1 Å². The Balaban J connectivity index is 1.37. The molecule has 1 aromatic carbocycles. The van der Waals surface area contributed by atoms with Gasteiger partial charge >= 0.3 is 0 Å². The summed E-state index contributed by atoms with van der Waals surface area (Å²) < 4.78 is 11.9. The van der Waals surface area contributed by atoms with Crippen LogP contribution in [0.4, 0.5) is 17.3 Å². The number of anilines is 3. The van der Waals surface area contributed by atoms with Crippen LogP contribution in [-0.2, 0) is 9.53 Å². The van der Waals surface area contributed by atoms with E-state index in [2.05, 4.69) is 49.6 Å². The maximum absolute atomic E-state index is 12.4. The molecule has 2 aliphatic rings. The van der Waals surface area contributed by atoms with Crippen molar-refractivity contribution in [1.29, 1.82) is 0 Å². The zero-order chi connectivity index (χ0) is 26.2. The Kier molecular flexibility index (Phi) is 6.59. The first-order valence-electron chi connectivity index (χ1n) is 13.2. The lowest BCUT2D eigenvalue weighted by Gasteiger charge is -2.25. The Morgan fingerprint density at radius 2 is 2.00 bits per heavy atom. The third-order valence-corrected chi connectivity index (χ3v) is 7.31. The third kappa shape index (κ3) is 4.89. The highest BCUT2D eigenvalue weighted by Crippen LogP contribution is 2.35. The van der Waals surface area contributed by atoms with Gasteiger partial charge < -0.3 is 29.6 Å². The standard InChI is InChI=1S/C28H33N7O3/c1-4-29-26-21-13-30-25(33-27(36)17-5-6-17)12-20(21)22(14-31-26)28-32-23-11-18(7-8-24(23)38-28)35-10-9-34(2)15-19(16-35)37-3/h7-8,11-14,17,19H,4-6,9-10,15-16H2,1-3H3,(H,29,31)(H,30,33,36). The highest BCUT2D eigenvalue weighted by atomic mass is 16.5. The minimum Gasteiger partial charge on any atom is -0.436 e. The molecule has 38 heavy (non-hydrogen) atoms. The summed E-state index contributed by atoms with van der Waals surface area (Å²) in [6, 6.07) is 8.01. The van der Waals surface area contributed by atoms with Gasteiger partial charge in [0.1, 0.15) is 17.2 Å². The maximum atomic E-state index is 12.4. The molecule has 1 amide bonds. The molecule has 0 spiro atoms. The van der Waals surface area contributed by atoms with E-state index < -0.39 is 0 Å². The van der Waals surface area contributed by atoms with E-state index in [1.807, 2.05) is 19.1 Å². The number of ether oxygens (including phenoxy) is 1. The zero-order valence-electron chi connectivity index (χ0n) is 22.0. The molecule has 4 aromatic rings. The van der Waals surface area contributed by atoms with Gasteiger partial charge in [-0.3, -0.25) is 4.79 Å². The Bertz CT molecular complexity index is 1480. The number of hydrogen-bond donors (Lipinski definition) is 2. The smallest absolute Gasteiger partial charge is 0.229 e. The summed E-state index contributed by atoms with van der Waals surface area (Å²) in [5, 5.41) is 7.95. The molecule has 1 unspecified atom stereocenters. The normalized spacial score (nSPS) is 18.6. The highest BCUT2D eigenvalue weighted by Gasteiger charge is 2.30. The third-order valence-electron chi connectivity index (χ3n) is 7.31. The summed E-state index contributed by atoms with van der Waals surface area (Å²) in [7, 11) is 3.90. The van der Waals surface area contributed by atoms with Crippen molar-refractivity contribution in [3.8, 4) is 11.5 Å². The molecular weight excluding hydrogens is 482 g/mol. The van der Waals surface area contributed by atoms with Gasteiger partial charge in [0.15, 0.2) is 5.58 Å². The molecule has 0 bridgehead atoms. The molecule has 1 saturated heterocycles. The molecule has 10 nitrogen and oxygen atoms in total. The first kappa shape index (κ1) is 24.6. The molecule has 0 radical (unpaired) electrons. The Morgan fingerprint density at radius 1 is 1.13 bits per heavy atom. The minimum atomic E-state index is 0.0178. The van der Waals surface area contributed by atoms with E-state index in [1.165, 1.54) is 0 Å². The highest BCUT2D eigenvalue weighted by molar-refractivity contribution is 6.03. The fraction of sp³-hybridized carbons (Fsp3) is 0.429. The second-order valence-corrected chi connectivity index (χ2v) is 10.2. The molecule has 198 valence electrons. The van der Waals surface area contributed by atoms with E-state index in [4.69, 9.17) is 14.1 Å². The number of likely N-dealkylation sites (N-methyl/N-ethyl adjacent to an activating group) is 1. The molecule has 10 heteroatoms. The second-order valence-electron chi connectivity index (χ2n) is 10.2. The van der Waals surface area contributed by atoms with Crippen LogP contribution in [0.25, 0.3) is 33.3 Å². The van der Waals surface area contributed by atoms with Gasteiger partial charge in [-0.2, -0.15) is 0 Å². The van der Waals surface area contributed by atoms with Crippen LogP contribution < -0.4 is 15.5 Å². The first-order valence-corrected chi connectivity index (χ1v) is 13.2. The molecule has 4 heterocycles. The van der Waals surface area contributed by atoms with Crippen molar-refractivity contribution in [2.75, 3.05) is 62.4 Å². The number of carbonyl (C=O) groups is 1. The average molecular weight is 516 g/mol. The van der Waals surface area contributed by atoms with Gasteiger partial charge in [0.2, 0.25) is 11.8 Å². The molecular formula is C28H33N7O3. The zero-order valence-corrected chi connectivity index (χ0v) is 22.0. The molecule has 3 aromatic heterocycles. The molecule has 1 aliphatic carbocycles. The van der Waals surface area contributed by atoms with Crippen molar-refractivity contribution in [1.82, 2.24) is 19.9 Å². The SMILES string of the molecule is CCNc1ncc(-c2nc3cc(N4CCN(C)CC(OC)C4)ccc3o2)c2cc(NC(=O)C3CC3)ncc12. The first-order chi connectivity index (χ1) is 18.5. The fourth-order valence-electron chi connectivity index (χ4n) is 4.99. The van der Waals surface area contributed by atoms with Crippen LogP contribution in [0.3, 0.4) is 0 Å². The molecule has 1 aliphatic heterocycles. The predicted octanol–water partition coefficient (Wildman–Crippen LogP) is 3.99. The Labute approximate surface area is 221 Å². The largest absolute Gasteiger partial charge is 0.436 e. The van der Waals surface area contributed by atoms with Gasteiger partial charge in [-0.05, 0) is 51.1 Å². The lowest BCUT2D eigenvalue weighted by molar-refractivity contribution is -0.117. The van der Waals surface area contributed by atoms with Crippen LogP contribution in [0.1, 0.15) is 19.8 Å². The number of rotatable bonds is 7. The maximum Gasteiger partial charge on any atom is 0.229 e. The Morgan fingerprint density at radius 3 is 2.79 bits per heavy atom. The number of aromatic nitrogens is 3. The molecule has 2 N–H and O–H groups in total. The van der Waals surface area contributed by atoms with Crippen molar-refractivity contribution in [2.24, 2.45) is 5.92 Å². The topological polar surface area (TPSA) is 109 Å². The summed E-state index contributed by atoms with van der Waals surface area (Å²) in [6.07, 6.45) is 5.53. The van der Waals surface area contributed by atoms with E-state index in [0.717, 1.165) is 78.9 Å². The fourth-order valence-corrected chi connectivity index (χ4v) is 4.99. The van der Waals surface area contributed by atoms with Gasteiger partial charge in [-0.15, -0.1) is 0 Å². The van der Waals surface area contributed by atoms with Crippen LogP contribution in [0.2, 0.25) is 0 Å². The number of oxazole rings is 1. The van der Waals surface area contributed by atoms with E-state index in [-0.39, 0.29) is 17.9 Å². The number of amides is 1. The summed E-state index contributed by atoms with van der Waals surface area (Å²) in [5.41, 5.74) is 3.33. The number of pyridine rings is 2. The number of benzene rings is 1. The number of nitrogens with zero attached hydrogens (tertiary/aromatic N) is 5. The Hall–Kier alpha value is -3.76.